The SMILES string of the molecule is CC(C)N1Cc2c(cc3n2CC(C)(CCC(C)n2ncc4c(cc5n4CC(C)(C)C5)c2=O)C3)C1=O. The summed E-state index contributed by atoms with van der Waals surface area (Å²) in [5.74, 6) is 0.174. The number of carbonyl (C=O) groups is 1. The second-order valence-electron chi connectivity index (χ2n) is 12.7. The zero-order valence-corrected chi connectivity index (χ0v) is 21.9. The second-order valence-corrected chi connectivity index (χ2v) is 12.7. The maximum Gasteiger partial charge on any atom is 0.276 e. The van der Waals surface area contributed by atoms with Crippen molar-refractivity contribution in [1.82, 2.24) is 23.8 Å². The highest BCUT2D eigenvalue weighted by molar-refractivity contribution is 5.98. The molecule has 2 unspecified atom stereocenters. The number of fused-ring (bicyclic) bond motifs is 6. The van der Waals surface area contributed by atoms with Gasteiger partial charge in [-0.25, -0.2) is 4.68 Å². The summed E-state index contributed by atoms with van der Waals surface area (Å²) in [7, 11) is 0. The lowest BCUT2D eigenvalue weighted by Crippen LogP contribution is -2.31. The summed E-state index contributed by atoms with van der Waals surface area (Å²) >= 11 is 0. The van der Waals surface area contributed by atoms with Gasteiger partial charge in [-0.3, -0.25) is 9.59 Å². The Balaban J connectivity index is 1.17. The smallest absolute Gasteiger partial charge is 0.276 e. The Morgan fingerprint density at radius 3 is 2.49 bits per heavy atom. The van der Waals surface area contributed by atoms with E-state index in [2.05, 4.69) is 67.9 Å². The van der Waals surface area contributed by atoms with E-state index in [9.17, 15) is 9.59 Å². The third-order valence-electron chi connectivity index (χ3n) is 8.67. The Hall–Kier alpha value is -2.83. The average molecular weight is 476 g/mol. The molecule has 6 heterocycles. The van der Waals surface area contributed by atoms with Crippen molar-refractivity contribution in [1.29, 1.82) is 0 Å². The van der Waals surface area contributed by atoms with Crippen LogP contribution in [0.4, 0.5) is 0 Å². The van der Waals surface area contributed by atoms with Gasteiger partial charge in [-0.1, -0.05) is 20.8 Å². The van der Waals surface area contributed by atoms with Crippen molar-refractivity contribution in [2.45, 2.75) is 98.9 Å². The Labute approximate surface area is 206 Å². The number of amides is 1. The van der Waals surface area contributed by atoms with Crippen LogP contribution in [-0.2, 0) is 32.5 Å². The monoisotopic (exact) mass is 475 g/mol. The molecule has 0 bridgehead atoms. The number of aromatic nitrogens is 4. The minimum atomic E-state index is 0.0302. The summed E-state index contributed by atoms with van der Waals surface area (Å²) in [6.45, 7) is 15.8. The highest BCUT2D eigenvalue weighted by Gasteiger charge is 2.40. The van der Waals surface area contributed by atoms with E-state index in [1.54, 1.807) is 4.68 Å². The fraction of sp³-hybridized carbons (Fsp3) is 0.607. The van der Waals surface area contributed by atoms with E-state index in [0.717, 1.165) is 61.8 Å². The molecule has 35 heavy (non-hydrogen) atoms. The Morgan fingerprint density at radius 1 is 1.00 bits per heavy atom. The van der Waals surface area contributed by atoms with Gasteiger partial charge < -0.3 is 14.0 Å². The van der Waals surface area contributed by atoms with Gasteiger partial charge in [0.1, 0.15) is 0 Å². The highest BCUT2D eigenvalue weighted by Crippen LogP contribution is 2.42. The van der Waals surface area contributed by atoms with Gasteiger partial charge in [-0.05, 0) is 69.4 Å². The standard InChI is InChI=1S/C28H37N5O2/c1-17(2)30-14-24-22(25(30)34)10-20-12-28(6,16-32(20)24)8-7-18(3)33-26(35)21-9-19-11-27(4,5)15-31(19)23(21)13-29-33/h9-10,13,17-18H,7-8,11-12,14-16H2,1-6H3. The first kappa shape index (κ1) is 22.6. The number of hydrogen-bond donors (Lipinski definition) is 0. The zero-order valence-electron chi connectivity index (χ0n) is 21.9. The van der Waals surface area contributed by atoms with Crippen molar-refractivity contribution in [3.8, 4) is 0 Å². The molecule has 0 aromatic carbocycles. The largest absolute Gasteiger partial charge is 0.346 e. The van der Waals surface area contributed by atoms with Gasteiger partial charge in [0.15, 0.2) is 0 Å². The van der Waals surface area contributed by atoms with Crippen LogP contribution in [-0.4, -0.2) is 35.8 Å². The summed E-state index contributed by atoms with van der Waals surface area (Å²) in [6.07, 6.45) is 5.78. The van der Waals surface area contributed by atoms with Crippen molar-refractivity contribution < 1.29 is 4.79 Å². The van der Waals surface area contributed by atoms with Crippen molar-refractivity contribution >= 4 is 16.8 Å². The third kappa shape index (κ3) is 3.41. The van der Waals surface area contributed by atoms with Crippen LogP contribution in [0.15, 0.2) is 23.1 Å². The van der Waals surface area contributed by atoms with Crippen LogP contribution >= 0.6 is 0 Å². The lowest BCUT2D eigenvalue weighted by molar-refractivity contribution is 0.0728. The molecular formula is C28H37N5O2. The molecule has 1 amide bonds. The van der Waals surface area contributed by atoms with Crippen molar-refractivity contribution in [2.75, 3.05) is 0 Å². The quantitative estimate of drug-likeness (QED) is 0.544. The molecule has 0 aliphatic carbocycles. The lowest BCUT2D eigenvalue weighted by atomic mass is 9.82. The fourth-order valence-corrected chi connectivity index (χ4v) is 6.72. The molecule has 0 N–H and O–H groups in total. The molecule has 3 aromatic heterocycles. The summed E-state index contributed by atoms with van der Waals surface area (Å²) in [6, 6.07) is 4.48. The molecule has 7 heteroatoms. The van der Waals surface area contributed by atoms with Gasteiger partial charge in [0, 0.05) is 30.5 Å². The van der Waals surface area contributed by atoms with Crippen LogP contribution in [0.2, 0.25) is 0 Å². The summed E-state index contributed by atoms with van der Waals surface area (Å²) in [5, 5.41) is 5.42. The van der Waals surface area contributed by atoms with Gasteiger partial charge >= 0.3 is 0 Å². The van der Waals surface area contributed by atoms with Gasteiger partial charge in [0.05, 0.1) is 40.9 Å². The molecule has 3 aromatic rings. The van der Waals surface area contributed by atoms with E-state index in [0.29, 0.717) is 0 Å². The molecule has 7 nitrogen and oxygen atoms in total. The molecule has 6 rings (SSSR count). The number of hydrogen-bond acceptors (Lipinski definition) is 3. The third-order valence-corrected chi connectivity index (χ3v) is 8.67. The van der Waals surface area contributed by atoms with E-state index in [1.807, 2.05) is 11.1 Å². The molecule has 0 saturated carbocycles. The van der Waals surface area contributed by atoms with Gasteiger partial charge in [0.25, 0.3) is 11.5 Å². The first-order chi connectivity index (χ1) is 16.5. The maximum atomic E-state index is 13.3. The van der Waals surface area contributed by atoms with Crippen LogP contribution in [0.3, 0.4) is 0 Å². The first-order valence-electron chi connectivity index (χ1n) is 13.1. The maximum absolute atomic E-state index is 13.3. The average Bonchev–Trinajstić information content (AvgIpc) is 3.52. The van der Waals surface area contributed by atoms with E-state index < -0.39 is 0 Å². The minimum absolute atomic E-state index is 0.0302. The Bertz CT molecular complexity index is 1420. The summed E-state index contributed by atoms with van der Waals surface area (Å²) < 4.78 is 6.36. The van der Waals surface area contributed by atoms with Crippen molar-refractivity contribution in [3.05, 3.63) is 51.3 Å². The molecule has 0 spiro atoms. The molecule has 0 radical (unpaired) electrons. The number of nitrogens with zero attached hydrogens (tertiary/aromatic N) is 5. The Kier molecular flexibility index (Phi) is 4.74. The van der Waals surface area contributed by atoms with Gasteiger partial charge in [-0.15, -0.1) is 0 Å². The zero-order chi connectivity index (χ0) is 24.9. The van der Waals surface area contributed by atoms with Crippen LogP contribution in [0, 0.1) is 10.8 Å². The minimum Gasteiger partial charge on any atom is -0.346 e. The molecular weight excluding hydrogens is 438 g/mol. The van der Waals surface area contributed by atoms with Crippen molar-refractivity contribution in [3.63, 3.8) is 0 Å². The highest BCUT2D eigenvalue weighted by atomic mass is 16.2. The first-order valence-corrected chi connectivity index (χ1v) is 13.1. The lowest BCUT2D eigenvalue weighted by Gasteiger charge is -2.26. The van der Waals surface area contributed by atoms with E-state index in [1.165, 1.54) is 17.1 Å². The second kappa shape index (κ2) is 7.34. The molecule has 2 atom stereocenters. The van der Waals surface area contributed by atoms with Gasteiger partial charge in [0.2, 0.25) is 0 Å². The normalized spacial score (nSPS) is 23.4. The van der Waals surface area contributed by atoms with E-state index in [-0.39, 0.29) is 34.4 Å². The van der Waals surface area contributed by atoms with Crippen LogP contribution < -0.4 is 5.56 Å². The van der Waals surface area contributed by atoms with Crippen LogP contribution in [0.1, 0.15) is 87.9 Å². The number of carbonyl (C=O) groups excluding carboxylic acids is 1. The summed E-state index contributed by atoms with van der Waals surface area (Å²) in [4.78, 5) is 28.1. The Morgan fingerprint density at radius 2 is 1.74 bits per heavy atom. The molecule has 0 saturated heterocycles. The fourth-order valence-electron chi connectivity index (χ4n) is 6.72. The predicted octanol–water partition coefficient (Wildman–Crippen LogP) is 4.55. The number of rotatable bonds is 5. The van der Waals surface area contributed by atoms with Crippen LogP contribution in [0.5, 0.6) is 0 Å². The molecule has 3 aliphatic rings. The molecule has 3 aliphatic heterocycles. The van der Waals surface area contributed by atoms with E-state index in [4.69, 9.17) is 0 Å². The predicted molar refractivity (Wildman–Crippen MR) is 137 cm³/mol. The van der Waals surface area contributed by atoms with E-state index >= 15 is 0 Å². The molecule has 186 valence electrons. The topological polar surface area (TPSA) is 65.1 Å². The van der Waals surface area contributed by atoms with Gasteiger partial charge in [-0.2, -0.15) is 5.10 Å². The van der Waals surface area contributed by atoms with Crippen LogP contribution in [0.25, 0.3) is 10.9 Å². The van der Waals surface area contributed by atoms with Crippen molar-refractivity contribution in [2.24, 2.45) is 10.8 Å². The summed E-state index contributed by atoms with van der Waals surface area (Å²) in [5.41, 5.74) is 5.98. The molecule has 0 fully saturated rings.